The largest absolute Gasteiger partial charge is 0.365 e. The molecule has 54 valence electrons. The van der Waals surface area contributed by atoms with Crippen LogP contribution in [0.1, 0.15) is 11.3 Å². The van der Waals surface area contributed by atoms with Gasteiger partial charge in [0.15, 0.2) is 0 Å². The lowest BCUT2D eigenvalue weighted by molar-refractivity contribution is 0.312. The van der Waals surface area contributed by atoms with E-state index < -0.39 is 0 Å². The van der Waals surface area contributed by atoms with Crippen LogP contribution in [0.15, 0.2) is 12.3 Å². The molecule has 0 aliphatic carbocycles. The number of rotatable bonds is 0. The Morgan fingerprint density at radius 2 is 2.50 bits per heavy atom. The summed E-state index contributed by atoms with van der Waals surface area (Å²) in [6.45, 7) is 2.30. The van der Waals surface area contributed by atoms with Crippen molar-refractivity contribution >= 4 is 0 Å². The van der Waals surface area contributed by atoms with Crippen molar-refractivity contribution in [2.45, 2.75) is 13.0 Å². The molecule has 1 aromatic heterocycles. The van der Waals surface area contributed by atoms with Crippen molar-refractivity contribution in [1.29, 1.82) is 0 Å². The van der Waals surface area contributed by atoms with Crippen LogP contribution < -0.4 is 0 Å². The molecular weight excluding hydrogens is 124 g/mol. The maximum atomic E-state index is 3.25. The summed E-state index contributed by atoms with van der Waals surface area (Å²) in [7, 11) is 2.16. The zero-order valence-corrected chi connectivity index (χ0v) is 6.22. The van der Waals surface area contributed by atoms with Gasteiger partial charge in [0.05, 0.1) is 0 Å². The van der Waals surface area contributed by atoms with Crippen molar-refractivity contribution in [1.82, 2.24) is 9.88 Å². The Kier molecular flexibility index (Phi) is 1.27. The monoisotopic (exact) mass is 136 g/mol. The normalized spacial score (nSPS) is 18.9. The number of nitrogens with zero attached hydrogens (tertiary/aromatic N) is 1. The van der Waals surface area contributed by atoms with Gasteiger partial charge in [-0.05, 0) is 18.7 Å². The zero-order chi connectivity index (χ0) is 6.97. The Labute approximate surface area is 60.9 Å². The highest BCUT2D eigenvalue weighted by molar-refractivity contribution is 5.22. The molecule has 0 aromatic carbocycles. The fraction of sp³-hybridized carbons (Fsp3) is 0.500. The molecule has 2 rings (SSSR count). The molecule has 0 fully saturated rings. The summed E-state index contributed by atoms with van der Waals surface area (Å²) < 4.78 is 0. The number of fused-ring (bicyclic) bond motifs is 1. The third-order valence-corrected chi connectivity index (χ3v) is 2.11. The molecule has 1 aliphatic heterocycles. The van der Waals surface area contributed by atoms with Crippen molar-refractivity contribution in [3.05, 3.63) is 23.5 Å². The van der Waals surface area contributed by atoms with Crippen LogP contribution >= 0.6 is 0 Å². The first-order chi connectivity index (χ1) is 4.86. The van der Waals surface area contributed by atoms with E-state index >= 15 is 0 Å². The molecule has 0 unspecified atom stereocenters. The molecule has 2 nitrogen and oxygen atoms in total. The van der Waals surface area contributed by atoms with E-state index in [0.717, 1.165) is 6.54 Å². The molecule has 0 radical (unpaired) electrons. The van der Waals surface area contributed by atoms with Crippen LogP contribution in [0.2, 0.25) is 0 Å². The second-order valence-electron chi connectivity index (χ2n) is 2.97. The SMILES string of the molecule is CN1CCc2[nH]ccc2C1. The van der Waals surface area contributed by atoms with E-state index in [9.17, 15) is 0 Å². The van der Waals surface area contributed by atoms with Gasteiger partial charge >= 0.3 is 0 Å². The molecule has 0 saturated heterocycles. The molecule has 0 saturated carbocycles. The number of H-pyrrole nitrogens is 1. The Morgan fingerprint density at radius 3 is 3.40 bits per heavy atom. The summed E-state index contributed by atoms with van der Waals surface area (Å²) in [5.74, 6) is 0. The number of hydrogen-bond acceptors (Lipinski definition) is 1. The van der Waals surface area contributed by atoms with Crippen LogP contribution in [-0.4, -0.2) is 23.5 Å². The van der Waals surface area contributed by atoms with E-state index in [2.05, 4.69) is 23.0 Å². The van der Waals surface area contributed by atoms with Gasteiger partial charge in [-0.15, -0.1) is 0 Å². The maximum Gasteiger partial charge on any atom is 0.0248 e. The molecule has 10 heavy (non-hydrogen) atoms. The van der Waals surface area contributed by atoms with Crippen LogP contribution in [0.25, 0.3) is 0 Å². The molecule has 1 aromatic rings. The zero-order valence-electron chi connectivity index (χ0n) is 6.22. The third-order valence-electron chi connectivity index (χ3n) is 2.11. The van der Waals surface area contributed by atoms with Gasteiger partial charge in [-0.2, -0.15) is 0 Å². The Balaban J connectivity index is 2.30. The van der Waals surface area contributed by atoms with E-state index in [-0.39, 0.29) is 0 Å². The average Bonchev–Trinajstić information content (AvgIpc) is 2.33. The molecule has 0 spiro atoms. The summed E-state index contributed by atoms with van der Waals surface area (Å²) in [6, 6.07) is 2.17. The lowest BCUT2D eigenvalue weighted by Gasteiger charge is -2.21. The summed E-state index contributed by atoms with van der Waals surface area (Å²) in [5.41, 5.74) is 2.90. The lowest BCUT2D eigenvalue weighted by atomic mass is 10.1. The summed E-state index contributed by atoms with van der Waals surface area (Å²) in [4.78, 5) is 5.59. The smallest absolute Gasteiger partial charge is 0.0248 e. The van der Waals surface area contributed by atoms with Crippen LogP contribution in [0.3, 0.4) is 0 Å². The molecular formula is C8H12N2. The Hall–Kier alpha value is -0.760. The summed E-state index contributed by atoms with van der Waals surface area (Å²) in [5, 5.41) is 0. The van der Waals surface area contributed by atoms with Gasteiger partial charge in [0, 0.05) is 31.4 Å². The Bertz CT molecular complexity index is 227. The first-order valence-electron chi connectivity index (χ1n) is 3.70. The topological polar surface area (TPSA) is 19.0 Å². The molecule has 0 amide bonds. The van der Waals surface area contributed by atoms with Crippen LogP contribution in [0.4, 0.5) is 0 Å². The summed E-state index contributed by atoms with van der Waals surface area (Å²) in [6.07, 6.45) is 3.21. The summed E-state index contributed by atoms with van der Waals surface area (Å²) >= 11 is 0. The minimum atomic E-state index is 1.11. The standard InChI is InChI=1S/C8H12N2/c1-10-5-3-8-7(6-10)2-4-9-8/h2,4,9H,3,5-6H2,1H3. The van der Waals surface area contributed by atoms with Gasteiger partial charge in [-0.1, -0.05) is 0 Å². The first-order valence-corrected chi connectivity index (χ1v) is 3.70. The minimum Gasteiger partial charge on any atom is -0.365 e. The van der Waals surface area contributed by atoms with Gasteiger partial charge in [0.1, 0.15) is 0 Å². The second kappa shape index (κ2) is 2.13. The fourth-order valence-electron chi connectivity index (χ4n) is 1.49. The molecule has 2 heteroatoms. The highest BCUT2D eigenvalue weighted by Crippen LogP contribution is 2.14. The van der Waals surface area contributed by atoms with Gasteiger partial charge in [0.2, 0.25) is 0 Å². The van der Waals surface area contributed by atoms with Crippen molar-refractivity contribution in [2.75, 3.05) is 13.6 Å². The number of aromatic amines is 1. The maximum absolute atomic E-state index is 3.25. The van der Waals surface area contributed by atoms with Crippen LogP contribution in [-0.2, 0) is 13.0 Å². The van der Waals surface area contributed by atoms with Crippen LogP contribution in [0.5, 0.6) is 0 Å². The molecule has 0 atom stereocenters. The van der Waals surface area contributed by atoms with Crippen molar-refractivity contribution in [3.63, 3.8) is 0 Å². The van der Waals surface area contributed by atoms with Crippen molar-refractivity contribution < 1.29 is 0 Å². The number of aromatic nitrogens is 1. The van der Waals surface area contributed by atoms with Gasteiger partial charge in [-0.3, -0.25) is 0 Å². The van der Waals surface area contributed by atoms with Crippen LogP contribution in [0, 0.1) is 0 Å². The predicted octanol–water partition coefficient (Wildman–Crippen LogP) is 1.00. The molecule has 1 aliphatic rings. The first kappa shape index (κ1) is 5.98. The fourth-order valence-corrected chi connectivity index (χ4v) is 1.49. The Morgan fingerprint density at radius 1 is 1.60 bits per heavy atom. The second-order valence-corrected chi connectivity index (χ2v) is 2.97. The van der Waals surface area contributed by atoms with Crippen molar-refractivity contribution in [3.8, 4) is 0 Å². The number of likely N-dealkylation sites (N-methyl/N-ethyl adjacent to an activating group) is 1. The van der Waals surface area contributed by atoms with Gasteiger partial charge in [-0.25, -0.2) is 0 Å². The molecule has 1 N–H and O–H groups in total. The minimum absolute atomic E-state index is 1.11. The van der Waals surface area contributed by atoms with Gasteiger partial charge in [0.25, 0.3) is 0 Å². The van der Waals surface area contributed by atoms with Crippen molar-refractivity contribution in [2.24, 2.45) is 0 Å². The third kappa shape index (κ3) is 0.847. The number of nitrogens with one attached hydrogen (secondary N) is 1. The highest BCUT2D eigenvalue weighted by atomic mass is 15.1. The average molecular weight is 136 g/mol. The quantitative estimate of drug-likeness (QED) is 0.563. The van der Waals surface area contributed by atoms with Gasteiger partial charge < -0.3 is 9.88 Å². The highest BCUT2D eigenvalue weighted by Gasteiger charge is 2.12. The van der Waals surface area contributed by atoms with E-state index in [4.69, 9.17) is 0 Å². The molecule has 2 heterocycles. The van der Waals surface area contributed by atoms with E-state index in [1.807, 2.05) is 6.20 Å². The number of hydrogen-bond donors (Lipinski definition) is 1. The van der Waals surface area contributed by atoms with E-state index in [1.165, 1.54) is 24.2 Å². The van der Waals surface area contributed by atoms with E-state index in [0.29, 0.717) is 0 Å². The molecule has 0 bridgehead atoms. The lowest BCUT2D eigenvalue weighted by Crippen LogP contribution is -2.25. The van der Waals surface area contributed by atoms with E-state index in [1.54, 1.807) is 0 Å². The predicted molar refractivity (Wildman–Crippen MR) is 40.8 cm³/mol.